The molecule has 0 unspecified atom stereocenters. The average molecular weight is 588 g/mol. The molecule has 0 saturated carbocycles. The third kappa shape index (κ3) is 3.54. The maximum atomic E-state index is 5.36. The maximum absolute atomic E-state index is 5.36. The lowest BCUT2D eigenvalue weighted by Crippen LogP contribution is -2.05. The Morgan fingerprint density at radius 2 is 0.978 bits per heavy atom. The molecule has 5 heteroatoms. The van der Waals surface area contributed by atoms with Crippen molar-refractivity contribution in [2.45, 2.75) is 0 Å². The monoisotopic (exact) mass is 587 g/mol. The molecule has 46 heavy (non-hydrogen) atoms. The maximum Gasteiger partial charge on any atom is 0.237 e. The molecule has 4 heterocycles. The molecule has 6 aromatic carbocycles. The van der Waals surface area contributed by atoms with Gasteiger partial charge in [0.25, 0.3) is 0 Å². The summed E-state index contributed by atoms with van der Waals surface area (Å²) in [6, 6.07) is 53.0. The van der Waals surface area contributed by atoms with Crippen molar-refractivity contribution in [3.05, 3.63) is 152 Å². The number of hydrogen-bond acceptors (Lipinski definition) is 3. The van der Waals surface area contributed by atoms with Gasteiger partial charge in [-0.15, -0.1) is 0 Å². The van der Waals surface area contributed by atoms with E-state index in [1.54, 1.807) is 0 Å². The summed E-state index contributed by atoms with van der Waals surface area (Å²) in [5, 5.41) is 5.57. The van der Waals surface area contributed by atoms with Crippen LogP contribution >= 0.6 is 0 Å². The van der Waals surface area contributed by atoms with Crippen molar-refractivity contribution in [3.8, 4) is 28.3 Å². The predicted octanol–water partition coefficient (Wildman–Crippen LogP) is 10.0. The minimum Gasteiger partial charge on any atom is -0.277 e. The van der Waals surface area contributed by atoms with Crippen LogP contribution in [0.2, 0.25) is 0 Å². The van der Waals surface area contributed by atoms with Gasteiger partial charge in [-0.2, -0.15) is 0 Å². The van der Waals surface area contributed by atoms with Crippen molar-refractivity contribution < 1.29 is 0 Å². The van der Waals surface area contributed by atoms with Gasteiger partial charge in [0.2, 0.25) is 5.95 Å². The average Bonchev–Trinajstić information content (AvgIpc) is 3.67. The standard InChI is InChI=1S/C41H25N5/c1-2-12-26(13-3-1)27-22-24-28(25-23-27)37-32-17-6-9-19-34(32)42-41(44-37)46-36-21-11-8-18-33(36)38-40(46)45-35-20-10-7-15-30(35)29-14-4-5-16-31(29)39(45)43-38/h1-25H. The Bertz CT molecular complexity index is 2790. The van der Waals surface area contributed by atoms with Gasteiger partial charge in [-0.1, -0.05) is 133 Å². The highest BCUT2D eigenvalue weighted by Gasteiger charge is 2.23. The van der Waals surface area contributed by atoms with Crippen molar-refractivity contribution in [1.29, 1.82) is 0 Å². The van der Waals surface area contributed by atoms with Gasteiger partial charge >= 0.3 is 0 Å². The molecule has 10 rings (SSSR count). The molecular weight excluding hydrogens is 562 g/mol. The number of benzene rings is 6. The quantitative estimate of drug-likeness (QED) is 0.193. The molecule has 5 nitrogen and oxygen atoms in total. The van der Waals surface area contributed by atoms with E-state index in [9.17, 15) is 0 Å². The number of aromatic nitrogens is 5. The van der Waals surface area contributed by atoms with E-state index in [0.717, 1.165) is 60.8 Å². The summed E-state index contributed by atoms with van der Waals surface area (Å²) in [5.74, 6) is 0.617. The van der Waals surface area contributed by atoms with Crippen LogP contribution in [0.5, 0.6) is 0 Å². The number of pyridine rings is 1. The number of fused-ring (bicyclic) bond motifs is 11. The molecule has 0 fully saturated rings. The van der Waals surface area contributed by atoms with E-state index < -0.39 is 0 Å². The number of para-hydroxylation sites is 3. The molecule has 0 amide bonds. The van der Waals surface area contributed by atoms with Crippen LogP contribution in [-0.4, -0.2) is 23.9 Å². The number of rotatable bonds is 3. The molecule has 0 aliphatic carbocycles. The van der Waals surface area contributed by atoms with E-state index >= 15 is 0 Å². The Kier molecular flexibility index (Phi) is 5.22. The summed E-state index contributed by atoms with van der Waals surface area (Å²) in [7, 11) is 0. The fourth-order valence-corrected chi connectivity index (χ4v) is 7.04. The molecule has 0 radical (unpaired) electrons. The Balaban J connectivity index is 1.31. The first-order valence-electron chi connectivity index (χ1n) is 15.5. The zero-order chi connectivity index (χ0) is 30.2. The van der Waals surface area contributed by atoms with Crippen molar-refractivity contribution >= 4 is 60.3 Å². The lowest BCUT2D eigenvalue weighted by Gasteiger charge is -2.13. The van der Waals surface area contributed by atoms with Gasteiger partial charge in [0, 0.05) is 27.1 Å². The minimum absolute atomic E-state index is 0.617. The van der Waals surface area contributed by atoms with Gasteiger partial charge in [0.15, 0.2) is 5.65 Å². The summed E-state index contributed by atoms with van der Waals surface area (Å²) in [4.78, 5) is 15.9. The number of imidazole rings is 1. The van der Waals surface area contributed by atoms with E-state index in [1.807, 2.05) is 12.1 Å². The zero-order valence-electron chi connectivity index (χ0n) is 24.7. The van der Waals surface area contributed by atoms with Crippen molar-refractivity contribution in [3.63, 3.8) is 0 Å². The second kappa shape index (κ2) is 9.58. The van der Waals surface area contributed by atoms with Gasteiger partial charge < -0.3 is 0 Å². The van der Waals surface area contributed by atoms with Crippen LogP contribution in [0, 0.1) is 0 Å². The summed E-state index contributed by atoms with van der Waals surface area (Å²) >= 11 is 0. The molecular formula is C41H25N5. The van der Waals surface area contributed by atoms with Gasteiger partial charge in [0.1, 0.15) is 11.2 Å². The van der Waals surface area contributed by atoms with Gasteiger partial charge in [-0.25, -0.2) is 15.0 Å². The normalized spacial score (nSPS) is 11.9. The Hall–Kier alpha value is -6.33. The minimum atomic E-state index is 0.617. The van der Waals surface area contributed by atoms with Crippen LogP contribution in [0.25, 0.3) is 88.6 Å². The van der Waals surface area contributed by atoms with E-state index in [4.69, 9.17) is 15.0 Å². The summed E-state index contributed by atoms with van der Waals surface area (Å²) < 4.78 is 4.49. The lowest BCUT2D eigenvalue weighted by atomic mass is 10.0. The molecule has 0 aliphatic heterocycles. The Morgan fingerprint density at radius 3 is 1.78 bits per heavy atom. The van der Waals surface area contributed by atoms with Crippen molar-refractivity contribution in [2.75, 3.05) is 0 Å². The molecule has 0 spiro atoms. The topological polar surface area (TPSA) is 48.0 Å². The largest absolute Gasteiger partial charge is 0.277 e. The Labute approximate surface area is 263 Å². The van der Waals surface area contributed by atoms with Crippen LogP contribution in [0.4, 0.5) is 0 Å². The molecule has 0 atom stereocenters. The van der Waals surface area contributed by atoms with E-state index in [2.05, 4.69) is 148 Å². The molecule has 0 saturated heterocycles. The smallest absolute Gasteiger partial charge is 0.237 e. The van der Waals surface area contributed by atoms with Crippen LogP contribution in [0.15, 0.2) is 152 Å². The highest BCUT2D eigenvalue weighted by molar-refractivity contribution is 6.16. The fraction of sp³-hybridized carbons (Fsp3) is 0. The third-order valence-electron chi connectivity index (χ3n) is 9.12. The fourth-order valence-electron chi connectivity index (χ4n) is 7.04. The molecule has 0 bridgehead atoms. The second-order valence-electron chi connectivity index (χ2n) is 11.7. The lowest BCUT2D eigenvalue weighted by molar-refractivity contribution is 0.993. The first-order valence-corrected chi connectivity index (χ1v) is 15.5. The summed E-state index contributed by atoms with van der Waals surface area (Å²) in [6.07, 6.45) is 0. The SMILES string of the molecule is c1ccc(-c2ccc(-c3nc(-n4c5ccccc5c5nc6c7ccccc7c7ccccc7n6c54)nc4ccccc34)cc2)cc1. The highest BCUT2D eigenvalue weighted by Crippen LogP contribution is 2.38. The zero-order valence-corrected chi connectivity index (χ0v) is 24.7. The third-order valence-corrected chi connectivity index (χ3v) is 9.12. The van der Waals surface area contributed by atoms with Crippen LogP contribution < -0.4 is 0 Å². The van der Waals surface area contributed by atoms with Crippen LogP contribution in [-0.2, 0) is 0 Å². The van der Waals surface area contributed by atoms with Crippen LogP contribution in [0.1, 0.15) is 0 Å². The molecule has 4 aromatic heterocycles. The van der Waals surface area contributed by atoms with E-state index in [1.165, 1.54) is 21.9 Å². The van der Waals surface area contributed by atoms with Gasteiger partial charge in [0.05, 0.1) is 22.2 Å². The summed E-state index contributed by atoms with van der Waals surface area (Å²) in [5.41, 5.74) is 10.1. The van der Waals surface area contributed by atoms with Gasteiger partial charge in [-0.05, 0) is 34.7 Å². The van der Waals surface area contributed by atoms with Crippen molar-refractivity contribution in [1.82, 2.24) is 23.9 Å². The second-order valence-corrected chi connectivity index (χ2v) is 11.7. The predicted molar refractivity (Wildman–Crippen MR) is 189 cm³/mol. The van der Waals surface area contributed by atoms with Crippen molar-refractivity contribution in [2.24, 2.45) is 0 Å². The number of nitrogens with zero attached hydrogens (tertiary/aromatic N) is 5. The van der Waals surface area contributed by atoms with Gasteiger partial charge in [-0.3, -0.25) is 8.97 Å². The molecule has 214 valence electrons. The molecule has 0 aliphatic rings. The molecule has 0 N–H and O–H groups in total. The van der Waals surface area contributed by atoms with E-state index in [-0.39, 0.29) is 0 Å². The Morgan fingerprint density at radius 1 is 0.391 bits per heavy atom. The van der Waals surface area contributed by atoms with Crippen LogP contribution in [0.3, 0.4) is 0 Å². The number of hydrogen-bond donors (Lipinski definition) is 0. The highest BCUT2D eigenvalue weighted by atomic mass is 15.2. The first-order chi connectivity index (χ1) is 22.8. The first kappa shape index (κ1) is 25.0. The molecule has 10 aromatic rings. The van der Waals surface area contributed by atoms with E-state index in [0.29, 0.717) is 5.95 Å². The summed E-state index contributed by atoms with van der Waals surface area (Å²) in [6.45, 7) is 0.